The molecule has 4 heteroatoms. The van der Waals surface area contributed by atoms with E-state index >= 15 is 0 Å². The number of hydrogen-bond donors (Lipinski definition) is 1. The van der Waals surface area contributed by atoms with Gasteiger partial charge in [0.1, 0.15) is 5.60 Å². The number of ether oxygens (including phenoxy) is 1. The van der Waals surface area contributed by atoms with Gasteiger partial charge < -0.3 is 15.0 Å². The highest BCUT2D eigenvalue weighted by Gasteiger charge is 2.36. The summed E-state index contributed by atoms with van der Waals surface area (Å²) in [6.45, 7) is 11.5. The number of hydrogen-bond acceptors (Lipinski definition) is 3. The molecule has 1 heterocycles. The summed E-state index contributed by atoms with van der Waals surface area (Å²) in [7, 11) is 0. The van der Waals surface area contributed by atoms with Crippen LogP contribution in [-0.2, 0) is 4.74 Å². The summed E-state index contributed by atoms with van der Waals surface area (Å²) in [6.07, 6.45) is 0.773. The molecule has 0 bridgehead atoms. The van der Waals surface area contributed by atoms with E-state index in [0.717, 1.165) is 19.5 Å². The van der Waals surface area contributed by atoms with Crippen LogP contribution in [0, 0.1) is 0 Å². The molecule has 0 aromatic heterocycles. The number of amides is 1. The molecule has 1 aliphatic rings. The first-order valence-corrected chi connectivity index (χ1v) is 6.08. The van der Waals surface area contributed by atoms with Gasteiger partial charge >= 0.3 is 6.09 Å². The normalized spacial score (nSPS) is 24.8. The predicted molar refractivity (Wildman–Crippen MR) is 64.5 cm³/mol. The molecule has 0 aromatic rings. The Morgan fingerprint density at radius 1 is 1.50 bits per heavy atom. The van der Waals surface area contributed by atoms with Gasteiger partial charge in [0.25, 0.3) is 0 Å². The van der Waals surface area contributed by atoms with Crippen LogP contribution in [0.2, 0.25) is 0 Å². The Kier molecular flexibility index (Phi) is 4.19. The number of nitrogens with zero attached hydrogens (tertiary/aromatic N) is 1. The lowest BCUT2D eigenvalue weighted by Crippen LogP contribution is -2.65. The highest BCUT2D eigenvalue weighted by atomic mass is 16.6. The molecule has 1 aliphatic heterocycles. The van der Waals surface area contributed by atoms with Crippen LogP contribution in [0.25, 0.3) is 0 Å². The number of carbonyl (C=O) groups excluding carboxylic acids is 1. The summed E-state index contributed by atoms with van der Waals surface area (Å²) in [5, 5.41) is 3.27. The van der Waals surface area contributed by atoms with Crippen molar-refractivity contribution < 1.29 is 9.53 Å². The highest BCUT2D eigenvalue weighted by molar-refractivity contribution is 5.69. The highest BCUT2D eigenvalue weighted by Crippen LogP contribution is 2.17. The third-order valence-corrected chi connectivity index (χ3v) is 2.72. The van der Waals surface area contributed by atoms with Crippen molar-refractivity contribution in [3.8, 4) is 0 Å². The lowest BCUT2D eigenvalue weighted by molar-refractivity contribution is 0.00355. The Balaban J connectivity index is 2.59. The van der Waals surface area contributed by atoms with Gasteiger partial charge in [-0.3, -0.25) is 0 Å². The minimum Gasteiger partial charge on any atom is -0.444 e. The molecule has 4 nitrogen and oxygen atoms in total. The summed E-state index contributed by atoms with van der Waals surface area (Å²) < 4.78 is 5.42. The number of carbonyl (C=O) groups is 1. The molecule has 0 aliphatic carbocycles. The van der Waals surface area contributed by atoms with Crippen LogP contribution in [-0.4, -0.2) is 41.8 Å². The largest absolute Gasteiger partial charge is 0.444 e. The van der Waals surface area contributed by atoms with Crippen molar-refractivity contribution in [2.45, 2.75) is 58.7 Å². The number of rotatable bonds is 3. The molecule has 1 fully saturated rings. The zero-order valence-electron chi connectivity index (χ0n) is 11.0. The zero-order valence-corrected chi connectivity index (χ0v) is 11.0. The SMILES string of the molecule is CCCN(C(=O)OC(C)(C)C)[C@@H]1CNC1C. The summed E-state index contributed by atoms with van der Waals surface area (Å²) >= 11 is 0. The predicted octanol–water partition coefficient (Wildman–Crippen LogP) is 1.99. The van der Waals surface area contributed by atoms with Gasteiger partial charge in [-0.1, -0.05) is 6.92 Å². The van der Waals surface area contributed by atoms with Gasteiger partial charge in [0, 0.05) is 19.1 Å². The quantitative estimate of drug-likeness (QED) is 0.803. The minimum atomic E-state index is -0.413. The Morgan fingerprint density at radius 3 is 2.44 bits per heavy atom. The second-order valence-electron chi connectivity index (χ2n) is 5.44. The van der Waals surface area contributed by atoms with Gasteiger partial charge in [-0.2, -0.15) is 0 Å². The molecular formula is C12H24N2O2. The fourth-order valence-corrected chi connectivity index (χ4v) is 1.79. The molecule has 1 saturated heterocycles. The summed E-state index contributed by atoms with van der Waals surface area (Å²) in [5.41, 5.74) is -0.413. The standard InChI is InChI=1S/C12H24N2O2/c1-6-7-14(10-8-13-9(10)2)11(15)16-12(3,4)5/h9-10,13H,6-8H2,1-5H3/t9?,10-/m1/s1. The van der Waals surface area contributed by atoms with Crippen LogP contribution in [0.5, 0.6) is 0 Å². The summed E-state index contributed by atoms with van der Waals surface area (Å²) in [5.74, 6) is 0. The van der Waals surface area contributed by atoms with Crippen LogP contribution in [0.4, 0.5) is 4.79 Å². The first-order chi connectivity index (χ1) is 7.35. The van der Waals surface area contributed by atoms with Crippen molar-refractivity contribution in [2.24, 2.45) is 0 Å². The van der Waals surface area contributed by atoms with Crippen LogP contribution in [0.1, 0.15) is 41.0 Å². The van der Waals surface area contributed by atoms with E-state index in [1.54, 1.807) is 0 Å². The molecule has 16 heavy (non-hydrogen) atoms. The van der Waals surface area contributed by atoms with Crippen molar-refractivity contribution in [1.82, 2.24) is 10.2 Å². The maximum absolute atomic E-state index is 12.0. The molecule has 0 saturated carbocycles. The van der Waals surface area contributed by atoms with Crippen LogP contribution in [0.15, 0.2) is 0 Å². The van der Waals surface area contributed by atoms with Gasteiger partial charge in [0.05, 0.1) is 6.04 Å². The lowest BCUT2D eigenvalue weighted by atomic mass is 10.0. The number of nitrogens with one attached hydrogen (secondary N) is 1. The molecule has 1 amide bonds. The molecule has 94 valence electrons. The third-order valence-electron chi connectivity index (χ3n) is 2.72. The van der Waals surface area contributed by atoms with Crippen LogP contribution in [0.3, 0.4) is 0 Å². The maximum Gasteiger partial charge on any atom is 0.410 e. The van der Waals surface area contributed by atoms with Crippen LogP contribution >= 0.6 is 0 Å². The molecule has 0 spiro atoms. The second-order valence-corrected chi connectivity index (χ2v) is 5.44. The van der Waals surface area contributed by atoms with Crippen molar-refractivity contribution in [3.05, 3.63) is 0 Å². The van der Waals surface area contributed by atoms with E-state index in [9.17, 15) is 4.79 Å². The Bertz CT molecular complexity index is 248. The van der Waals surface area contributed by atoms with Crippen LogP contribution < -0.4 is 5.32 Å². The fraction of sp³-hybridized carbons (Fsp3) is 0.917. The molecule has 2 atom stereocenters. The molecular weight excluding hydrogens is 204 g/mol. The van der Waals surface area contributed by atoms with E-state index in [1.165, 1.54) is 0 Å². The van der Waals surface area contributed by atoms with Crippen molar-refractivity contribution >= 4 is 6.09 Å². The van der Waals surface area contributed by atoms with Crippen molar-refractivity contribution in [1.29, 1.82) is 0 Å². The first-order valence-electron chi connectivity index (χ1n) is 6.08. The van der Waals surface area contributed by atoms with Crippen molar-refractivity contribution in [3.63, 3.8) is 0 Å². The Morgan fingerprint density at radius 2 is 2.12 bits per heavy atom. The van der Waals surface area contributed by atoms with E-state index in [0.29, 0.717) is 6.04 Å². The van der Waals surface area contributed by atoms with Gasteiger partial charge in [-0.05, 0) is 34.1 Å². The Labute approximate surface area is 98.3 Å². The van der Waals surface area contributed by atoms with E-state index in [2.05, 4.69) is 19.2 Å². The van der Waals surface area contributed by atoms with E-state index in [-0.39, 0.29) is 12.1 Å². The molecule has 1 rings (SSSR count). The van der Waals surface area contributed by atoms with E-state index < -0.39 is 5.60 Å². The summed E-state index contributed by atoms with van der Waals surface area (Å²) in [6, 6.07) is 0.661. The monoisotopic (exact) mass is 228 g/mol. The lowest BCUT2D eigenvalue weighted by Gasteiger charge is -2.43. The average molecular weight is 228 g/mol. The average Bonchev–Trinajstić information content (AvgIpc) is 2.12. The topological polar surface area (TPSA) is 41.6 Å². The molecule has 0 aromatic carbocycles. The second kappa shape index (κ2) is 5.04. The minimum absolute atomic E-state index is 0.187. The van der Waals surface area contributed by atoms with E-state index in [4.69, 9.17) is 4.74 Å². The molecule has 0 radical (unpaired) electrons. The van der Waals surface area contributed by atoms with Gasteiger partial charge in [0.2, 0.25) is 0 Å². The third kappa shape index (κ3) is 3.37. The fourth-order valence-electron chi connectivity index (χ4n) is 1.79. The smallest absolute Gasteiger partial charge is 0.410 e. The molecule has 1 unspecified atom stereocenters. The summed E-state index contributed by atoms with van der Waals surface area (Å²) in [4.78, 5) is 13.9. The zero-order chi connectivity index (χ0) is 12.3. The van der Waals surface area contributed by atoms with Crippen molar-refractivity contribution in [2.75, 3.05) is 13.1 Å². The maximum atomic E-state index is 12.0. The first kappa shape index (κ1) is 13.3. The molecule has 1 N–H and O–H groups in total. The van der Waals surface area contributed by atoms with Gasteiger partial charge in [-0.25, -0.2) is 4.79 Å². The van der Waals surface area contributed by atoms with Gasteiger partial charge in [0.15, 0.2) is 0 Å². The Hall–Kier alpha value is -0.770. The van der Waals surface area contributed by atoms with Gasteiger partial charge in [-0.15, -0.1) is 0 Å². The van der Waals surface area contributed by atoms with E-state index in [1.807, 2.05) is 25.7 Å².